The van der Waals surface area contributed by atoms with Gasteiger partial charge in [-0.05, 0) is 96.1 Å². The molecule has 0 aliphatic heterocycles. The molecule has 6 rings (SSSR count). The first kappa shape index (κ1) is 33.9. The molecule has 1 aliphatic carbocycles. The second-order valence-electron chi connectivity index (χ2n) is 11.7. The molecule has 2 unspecified atom stereocenters. The van der Waals surface area contributed by atoms with E-state index in [4.69, 9.17) is 0 Å². The van der Waals surface area contributed by atoms with Crippen LogP contribution in [0.1, 0.15) is 51.7 Å². The summed E-state index contributed by atoms with van der Waals surface area (Å²) in [5.41, 5.74) is 12.3. The summed E-state index contributed by atoms with van der Waals surface area (Å²) in [7, 11) is 0. The van der Waals surface area contributed by atoms with E-state index in [-0.39, 0.29) is 11.8 Å². The SMILES string of the molecule is C/C=C/C(c1ccc(-c2ccccc2)cc1)C1C=CC=C/C1=C(/C(C)=C/C)c1ccc(N(c2ccccc2)c2ccccc2)cc1.CC. The van der Waals surface area contributed by atoms with E-state index in [1.54, 1.807) is 0 Å². The van der Waals surface area contributed by atoms with Crippen LogP contribution in [0, 0.1) is 5.92 Å². The maximum absolute atomic E-state index is 2.37. The van der Waals surface area contributed by atoms with Gasteiger partial charge in [-0.2, -0.15) is 0 Å². The number of rotatable bonds is 9. The summed E-state index contributed by atoms with van der Waals surface area (Å²) < 4.78 is 0. The molecular weight excluding hydrogens is 579 g/mol. The Morgan fingerprint density at radius 1 is 0.604 bits per heavy atom. The van der Waals surface area contributed by atoms with Crippen molar-refractivity contribution in [3.05, 3.63) is 204 Å². The van der Waals surface area contributed by atoms with Crippen LogP contribution >= 0.6 is 0 Å². The smallest absolute Gasteiger partial charge is 0.0462 e. The first-order chi connectivity index (χ1) is 23.7. The molecule has 0 N–H and O–H groups in total. The lowest BCUT2D eigenvalue weighted by Gasteiger charge is -2.29. The lowest BCUT2D eigenvalue weighted by atomic mass is 9.75. The van der Waals surface area contributed by atoms with Gasteiger partial charge in [0.05, 0.1) is 0 Å². The summed E-state index contributed by atoms with van der Waals surface area (Å²) in [5.74, 6) is 0.398. The Morgan fingerprint density at radius 2 is 1.12 bits per heavy atom. The molecule has 5 aromatic carbocycles. The zero-order chi connectivity index (χ0) is 33.7. The number of nitrogens with zero attached hydrogens (tertiary/aromatic N) is 1. The van der Waals surface area contributed by atoms with Crippen molar-refractivity contribution in [3.8, 4) is 11.1 Å². The Morgan fingerprint density at radius 3 is 1.67 bits per heavy atom. The molecule has 240 valence electrons. The van der Waals surface area contributed by atoms with E-state index in [0.29, 0.717) is 0 Å². The predicted molar refractivity (Wildman–Crippen MR) is 210 cm³/mol. The normalized spacial score (nSPS) is 15.9. The van der Waals surface area contributed by atoms with E-state index in [1.165, 1.54) is 39.0 Å². The van der Waals surface area contributed by atoms with Crippen LogP contribution in [0.15, 0.2) is 193 Å². The topological polar surface area (TPSA) is 3.24 Å². The highest BCUT2D eigenvalue weighted by Gasteiger charge is 2.26. The molecule has 0 heterocycles. The first-order valence-electron chi connectivity index (χ1n) is 17.2. The monoisotopic (exact) mass is 625 g/mol. The number of hydrogen-bond donors (Lipinski definition) is 0. The van der Waals surface area contributed by atoms with E-state index < -0.39 is 0 Å². The number of anilines is 3. The molecule has 1 nitrogen and oxygen atoms in total. The molecule has 0 amide bonds. The molecular formula is C47H47N. The molecule has 0 fully saturated rings. The minimum absolute atomic E-state index is 0.193. The summed E-state index contributed by atoms with van der Waals surface area (Å²) in [6.45, 7) is 10.5. The van der Waals surface area contributed by atoms with Crippen LogP contribution in [-0.4, -0.2) is 0 Å². The first-order valence-corrected chi connectivity index (χ1v) is 17.2. The van der Waals surface area contributed by atoms with E-state index >= 15 is 0 Å². The van der Waals surface area contributed by atoms with Gasteiger partial charge in [0.25, 0.3) is 0 Å². The highest BCUT2D eigenvalue weighted by Crippen LogP contribution is 2.42. The zero-order valence-electron chi connectivity index (χ0n) is 28.9. The van der Waals surface area contributed by atoms with Gasteiger partial charge >= 0.3 is 0 Å². The standard InChI is InChI=1S/C45H41N.C2H6/c1-4-17-42(37-28-26-36(27-29-37)35-18-9-6-10-19-35)43-24-15-16-25-44(43)45(34(3)5-2)38-30-32-41(33-31-38)46(39-20-11-7-12-21-39)40-22-13-8-14-23-40;1-2/h4-33,42-43H,1-3H3;1-2H3/b17-4+,34-5+,45-44+;. The summed E-state index contributed by atoms with van der Waals surface area (Å²) >= 11 is 0. The van der Waals surface area contributed by atoms with Gasteiger partial charge in [0.2, 0.25) is 0 Å². The lowest BCUT2D eigenvalue weighted by molar-refractivity contribution is 0.679. The predicted octanol–water partition coefficient (Wildman–Crippen LogP) is 13.7. The fourth-order valence-corrected chi connectivity index (χ4v) is 6.44. The molecule has 0 bridgehead atoms. The van der Waals surface area contributed by atoms with Crippen LogP contribution in [0.5, 0.6) is 0 Å². The third-order valence-electron chi connectivity index (χ3n) is 8.81. The fraction of sp³-hybridized carbons (Fsp3) is 0.149. The largest absolute Gasteiger partial charge is 0.311 e. The van der Waals surface area contributed by atoms with Crippen LogP contribution in [0.3, 0.4) is 0 Å². The molecule has 0 radical (unpaired) electrons. The number of allylic oxidation sites excluding steroid dienone is 10. The van der Waals surface area contributed by atoms with Crippen molar-refractivity contribution in [3.63, 3.8) is 0 Å². The third-order valence-corrected chi connectivity index (χ3v) is 8.81. The molecule has 2 atom stereocenters. The highest BCUT2D eigenvalue weighted by molar-refractivity contribution is 5.85. The molecule has 5 aromatic rings. The Hall–Kier alpha value is -5.40. The minimum atomic E-state index is 0.193. The molecule has 0 spiro atoms. The highest BCUT2D eigenvalue weighted by atomic mass is 15.1. The van der Waals surface area contributed by atoms with Gasteiger partial charge in [-0.3, -0.25) is 0 Å². The van der Waals surface area contributed by atoms with Crippen molar-refractivity contribution < 1.29 is 0 Å². The van der Waals surface area contributed by atoms with Crippen molar-refractivity contribution >= 4 is 22.6 Å². The van der Waals surface area contributed by atoms with Crippen LogP contribution in [0.4, 0.5) is 17.1 Å². The molecule has 1 aliphatic rings. The van der Waals surface area contributed by atoms with Crippen LogP contribution in [-0.2, 0) is 0 Å². The van der Waals surface area contributed by atoms with Gasteiger partial charge in [-0.15, -0.1) is 0 Å². The van der Waals surface area contributed by atoms with Gasteiger partial charge in [-0.1, -0.05) is 160 Å². The molecule has 0 aromatic heterocycles. The van der Waals surface area contributed by atoms with Crippen molar-refractivity contribution in [1.29, 1.82) is 0 Å². The fourth-order valence-electron chi connectivity index (χ4n) is 6.44. The van der Waals surface area contributed by atoms with E-state index in [0.717, 1.165) is 17.1 Å². The second-order valence-corrected chi connectivity index (χ2v) is 11.7. The molecule has 0 saturated heterocycles. The third kappa shape index (κ3) is 7.76. The van der Waals surface area contributed by atoms with Crippen molar-refractivity contribution in [1.82, 2.24) is 0 Å². The van der Waals surface area contributed by atoms with Gasteiger partial charge in [0, 0.05) is 28.9 Å². The Balaban J connectivity index is 0.00000221. The summed E-state index contributed by atoms with van der Waals surface area (Å²) in [4.78, 5) is 2.31. The van der Waals surface area contributed by atoms with E-state index in [9.17, 15) is 0 Å². The maximum Gasteiger partial charge on any atom is 0.0462 e. The second kappa shape index (κ2) is 17.0. The average molecular weight is 626 g/mol. The summed E-state index contributed by atoms with van der Waals surface area (Å²) in [5, 5.41) is 0. The number of hydrogen-bond acceptors (Lipinski definition) is 1. The van der Waals surface area contributed by atoms with Crippen molar-refractivity contribution in [2.45, 2.75) is 40.5 Å². The minimum Gasteiger partial charge on any atom is -0.311 e. The van der Waals surface area contributed by atoms with Gasteiger partial charge in [0.15, 0.2) is 0 Å². The van der Waals surface area contributed by atoms with E-state index in [2.05, 4.69) is 208 Å². The van der Waals surface area contributed by atoms with Crippen LogP contribution in [0.2, 0.25) is 0 Å². The average Bonchev–Trinajstić information content (AvgIpc) is 3.17. The maximum atomic E-state index is 2.37. The number of benzene rings is 5. The molecule has 0 saturated carbocycles. The Labute approximate surface area is 288 Å². The Bertz CT molecular complexity index is 1830. The summed E-state index contributed by atoms with van der Waals surface area (Å²) in [6, 6.07) is 50.0. The molecule has 1 heteroatoms. The Kier molecular flexibility index (Phi) is 12.0. The number of para-hydroxylation sites is 2. The van der Waals surface area contributed by atoms with E-state index in [1.807, 2.05) is 13.8 Å². The quantitative estimate of drug-likeness (QED) is 0.147. The summed E-state index contributed by atoms with van der Waals surface area (Å²) in [6.07, 6.45) is 15.9. The molecule has 48 heavy (non-hydrogen) atoms. The van der Waals surface area contributed by atoms with Gasteiger partial charge < -0.3 is 4.90 Å². The van der Waals surface area contributed by atoms with Crippen LogP contribution in [0.25, 0.3) is 16.7 Å². The zero-order valence-corrected chi connectivity index (χ0v) is 28.9. The lowest BCUT2D eigenvalue weighted by Crippen LogP contribution is -2.15. The van der Waals surface area contributed by atoms with Crippen molar-refractivity contribution in [2.24, 2.45) is 5.92 Å². The van der Waals surface area contributed by atoms with Crippen molar-refractivity contribution in [2.75, 3.05) is 4.90 Å². The van der Waals surface area contributed by atoms with Crippen LogP contribution < -0.4 is 4.90 Å². The van der Waals surface area contributed by atoms with Gasteiger partial charge in [0.1, 0.15) is 0 Å². The van der Waals surface area contributed by atoms with Gasteiger partial charge in [-0.25, -0.2) is 0 Å².